The molecule has 2 aromatic rings. The van der Waals surface area contributed by atoms with E-state index in [9.17, 15) is 4.79 Å². The molecule has 1 atom stereocenters. The summed E-state index contributed by atoms with van der Waals surface area (Å²) in [5.74, 6) is 2.07. The van der Waals surface area contributed by atoms with Crippen LogP contribution < -0.4 is 14.8 Å². The lowest BCUT2D eigenvalue weighted by molar-refractivity contribution is -0.116. The first-order valence-electron chi connectivity index (χ1n) is 8.28. The topological polar surface area (TPSA) is 47.6 Å². The summed E-state index contributed by atoms with van der Waals surface area (Å²) in [4.78, 5) is 12.2. The maximum Gasteiger partial charge on any atom is 0.225 e. The second kappa shape index (κ2) is 6.95. The predicted molar refractivity (Wildman–Crippen MR) is 94.9 cm³/mol. The van der Waals surface area contributed by atoms with Crippen LogP contribution in [0.2, 0.25) is 0 Å². The van der Waals surface area contributed by atoms with Gasteiger partial charge in [0.15, 0.2) is 0 Å². The molecule has 0 spiro atoms. The number of anilines is 1. The van der Waals surface area contributed by atoms with Crippen LogP contribution in [0.1, 0.15) is 37.3 Å². The summed E-state index contributed by atoms with van der Waals surface area (Å²) in [5.41, 5.74) is 2.95. The molecule has 1 amide bonds. The summed E-state index contributed by atoms with van der Waals surface area (Å²) >= 11 is 0. The molecule has 1 aliphatic rings. The summed E-state index contributed by atoms with van der Waals surface area (Å²) in [5, 5.41) is 2.95. The number of methoxy groups -OCH3 is 1. The summed E-state index contributed by atoms with van der Waals surface area (Å²) < 4.78 is 11.4. The first-order chi connectivity index (χ1) is 11.6. The molecule has 1 heterocycles. The molecule has 4 heteroatoms. The zero-order chi connectivity index (χ0) is 17.1. The highest BCUT2D eigenvalue weighted by Crippen LogP contribution is 2.42. The molecule has 1 N–H and O–H groups in total. The van der Waals surface area contributed by atoms with Crippen LogP contribution in [0.3, 0.4) is 0 Å². The summed E-state index contributed by atoms with van der Waals surface area (Å²) in [6.45, 7) is 4.90. The molecule has 0 aromatic heterocycles. The van der Waals surface area contributed by atoms with Gasteiger partial charge in [-0.3, -0.25) is 4.79 Å². The number of amides is 1. The summed E-state index contributed by atoms with van der Waals surface area (Å²) in [7, 11) is 1.65. The van der Waals surface area contributed by atoms with Crippen LogP contribution in [-0.2, 0) is 4.79 Å². The van der Waals surface area contributed by atoms with E-state index < -0.39 is 0 Å². The number of para-hydroxylation sites is 1. The zero-order valence-corrected chi connectivity index (χ0v) is 14.3. The van der Waals surface area contributed by atoms with Gasteiger partial charge < -0.3 is 14.8 Å². The Morgan fingerprint density at radius 3 is 2.71 bits per heavy atom. The van der Waals surface area contributed by atoms with Crippen molar-refractivity contribution >= 4 is 11.6 Å². The minimum Gasteiger partial charge on any atom is -0.497 e. The SMILES string of the molecule is COc1ccc2c(c1)C(c1ccccc1OCC(C)C)CC(=O)N2. The quantitative estimate of drug-likeness (QED) is 0.896. The van der Waals surface area contributed by atoms with Crippen molar-refractivity contribution in [3.8, 4) is 11.5 Å². The van der Waals surface area contributed by atoms with Gasteiger partial charge in [0.1, 0.15) is 11.5 Å². The van der Waals surface area contributed by atoms with Gasteiger partial charge in [-0.2, -0.15) is 0 Å². The van der Waals surface area contributed by atoms with E-state index in [0.29, 0.717) is 18.9 Å². The van der Waals surface area contributed by atoms with Gasteiger partial charge in [-0.15, -0.1) is 0 Å². The monoisotopic (exact) mass is 325 g/mol. The van der Waals surface area contributed by atoms with E-state index in [4.69, 9.17) is 9.47 Å². The number of hydrogen-bond acceptors (Lipinski definition) is 3. The minimum absolute atomic E-state index is 0.0244. The van der Waals surface area contributed by atoms with Gasteiger partial charge in [0.2, 0.25) is 5.91 Å². The molecule has 1 aliphatic heterocycles. The van der Waals surface area contributed by atoms with Gasteiger partial charge in [0.05, 0.1) is 13.7 Å². The van der Waals surface area contributed by atoms with E-state index in [1.807, 2.05) is 42.5 Å². The molecule has 24 heavy (non-hydrogen) atoms. The van der Waals surface area contributed by atoms with Gasteiger partial charge in [-0.25, -0.2) is 0 Å². The molecule has 2 aromatic carbocycles. The Morgan fingerprint density at radius 2 is 1.96 bits per heavy atom. The van der Waals surface area contributed by atoms with E-state index >= 15 is 0 Å². The number of nitrogens with one attached hydrogen (secondary N) is 1. The minimum atomic E-state index is -0.0350. The van der Waals surface area contributed by atoms with Gasteiger partial charge in [0.25, 0.3) is 0 Å². The third-order valence-corrected chi connectivity index (χ3v) is 4.16. The molecule has 0 fully saturated rings. The van der Waals surface area contributed by atoms with Crippen LogP contribution in [0.15, 0.2) is 42.5 Å². The Bertz CT molecular complexity index is 739. The number of fused-ring (bicyclic) bond motifs is 1. The molecule has 3 rings (SSSR count). The lowest BCUT2D eigenvalue weighted by atomic mass is 9.84. The molecule has 1 unspecified atom stereocenters. The van der Waals surface area contributed by atoms with Crippen molar-refractivity contribution in [2.45, 2.75) is 26.2 Å². The van der Waals surface area contributed by atoms with Crippen molar-refractivity contribution in [3.05, 3.63) is 53.6 Å². The van der Waals surface area contributed by atoms with Crippen LogP contribution in [0.5, 0.6) is 11.5 Å². The standard InChI is InChI=1S/C20H23NO3/c1-13(2)12-24-19-7-5-4-6-15(19)16-11-20(22)21-18-9-8-14(23-3)10-17(16)18/h4-10,13,16H,11-12H2,1-3H3,(H,21,22). The Kier molecular flexibility index (Phi) is 4.74. The Labute approximate surface area is 142 Å². The van der Waals surface area contributed by atoms with Crippen molar-refractivity contribution in [1.29, 1.82) is 0 Å². The first kappa shape index (κ1) is 16.4. The molecule has 0 radical (unpaired) electrons. The van der Waals surface area contributed by atoms with Gasteiger partial charge in [-0.05, 0) is 35.7 Å². The van der Waals surface area contributed by atoms with Crippen LogP contribution in [0, 0.1) is 5.92 Å². The van der Waals surface area contributed by atoms with Crippen molar-refractivity contribution in [2.24, 2.45) is 5.92 Å². The van der Waals surface area contributed by atoms with E-state index in [1.165, 1.54) is 0 Å². The normalized spacial score (nSPS) is 16.5. The first-order valence-corrected chi connectivity index (χ1v) is 8.28. The van der Waals surface area contributed by atoms with E-state index in [0.717, 1.165) is 28.3 Å². The van der Waals surface area contributed by atoms with Crippen molar-refractivity contribution < 1.29 is 14.3 Å². The lowest BCUT2D eigenvalue weighted by Gasteiger charge is -2.28. The maximum absolute atomic E-state index is 12.2. The fourth-order valence-corrected chi connectivity index (χ4v) is 3.00. The van der Waals surface area contributed by atoms with E-state index in [2.05, 4.69) is 19.2 Å². The van der Waals surface area contributed by atoms with Gasteiger partial charge in [0, 0.05) is 23.6 Å². The Hall–Kier alpha value is -2.49. The third kappa shape index (κ3) is 3.37. The van der Waals surface area contributed by atoms with Crippen LogP contribution in [0.4, 0.5) is 5.69 Å². The number of benzene rings is 2. The Morgan fingerprint density at radius 1 is 1.17 bits per heavy atom. The highest BCUT2D eigenvalue weighted by atomic mass is 16.5. The van der Waals surface area contributed by atoms with Crippen LogP contribution in [-0.4, -0.2) is 19.6 Å². The molecule has 4 nitrogen and oxygen atoms in total. The summed E-state index contributed by atoms with van der Waals surface area (Å²) in [6.07, 6.45) is 0.405. The van der Waals surface area contributed by atoms with Crippen LogP contribution >= 0.6 is 0 Å². The van der Waals surface area contributed by atoms with Gasteiger partial charge >= 0.3 is 0 Å². The van der Waals surface area contributed by atoms with E-state index in [-0.39, 0.29) is 11.8 Å². The second-order valence-corrected chi connectivity index (χ2v) is 6.50. The van der Waals surface area contributed by atoms with Crippen molar-refractivity contribution in [3.63, 3.8) is 0 Å². The number of ether oxygens (including phenoxy) is 2. The second-order valence-electron chi connectivity index (χ2n) is 6.50. The highest BCUT2D eigenvalue weighted by Gasteiger charge is 2.29. The average molecular weight is 325 g/mol. The lowest BCUT2D eigenvalue weighted by Crippen LogP contribution is -2.24. The average Bonchev–Trinajstić information content (AvgIpc) is 2.59. The maximum atomic E-state index is 12.2. The molecular formula is C20H23NO3. The number of rotatable bonds is 5. The molecule has 126 valence electrons. The molecule has 0 saturated carbocycles. The third-order valence-electron chi connectivity index (χ3n) is 4.16. The molecule has 0 bridgehead atoms. The molecule has 0 aliphatic carbocycles. The molecule has 0 saturated heterocycles. The molecular weight excluding hydrogens is 302 g/mol. The fourth-order valence-electron chi connectivity index (χ4n) is 3.00. The largest absolute Gasteiger partial charge is 0.497 e. The van der Waals surface area contributed by atoms with Crippen molar-refractivity contribution in [1.82, 2.24) is 0 Å². The van der Waals surface area contributed by atoms with Crippen molar-refractivity contribution in [2.75, 3.05) is 19.0 Å². The fraction of sp³-hybridized carbons (Fsp3) is 0.350. The highest BCUT2D eigenvalue weighted by molar-refractivity contribution is 5.95. The zero-order valence-electron chi connectivity index (χ0n) is 14.3. The smallest absolute Gasteiger partial charge is 0.225 e. The van der Waals surface area contributed by atoms with Crippen LogP contribution in [0.25, 0.3) is 0 Å². The Balaban J connectivity index is 2.02. The number of carbonyl (C=O) groups is 1. The summed E-state index contributed by atoms with van der Waals surface area (Å²) in [6, 6.07) is 13.7. The van der Waals surface area contributed by atoms with E-state index in [1.54, 1.807) is 7.11 Å². The van der Waals surface area contributed by atoms with Gasteiger partial charge in [-0.1, -0.05) is 32.0 Å². The number of carbonyl (C=O) groups excluding carboxylic acids is 1. The number of hydrogen-bond donors (Lipinski definition) is 1. The predicted octanol–water partition coefficient (Wildman–Crippen LogP) is 4.20.